The van der Waals surface area contributed by atoms with E-state index in [4.69, 9.17) is 4.74 Å². The number of hydrogen-bond acceptors (Lipinski definition) is 6. The fourth-order valence-corrected chi connectivity index (χ4v) is 3.39. The van der Waals surface area contributed by atoms with Crippen LogP contribution in [-0.2, 0) is 16.0 Å². The van der Waals surface area contributed by atoms with Gasteiger partial charge in [0.15, 0.2) is 5.65 Å². The van der Waals surface area contributed by atoms with Crippen molar-refractivity contribution in [2.24, 2.45) is 0 Å². The van der Waals surface area contributed by atoms with Gasteiger partial charge < -0.3 is 15.2 Å². The summed E-state index contributed by atoms with van der Waals surface area (Å²) in [4.78, 5) is 30.1. The largest absolute Gasteiger partial charge is 0.493 e. The van der Waals surface area contributed by atoms with Gasteiger partial charge in [0.2, 0.25) is 5.88 Å². The first-order chi connectivity index (χ1) is 15.6. The molecule has 0 aliphatic rings. The molecule has 0 bridgehead atoms. The molecule has 0 aliphatic carbocycles. The standard InChI is InChI=1S/C24H22N4O4/c1-2-32-24(31)20(13-16-9-5-3-6-10-16)27-23(30)18-15-25-28-21(29)14-19(26-22(18)28)17-11-7-4-8-12-17/h3-12,14-15,20,29H,2,13H2,1H3,(H,27,30)/t20-/m0/s1. The molecule has 4 aromatic rings. The molecular formula is C24H22N4O4. The maximum atomic E-state index is 13.1. The topological polar surface area (TPSA) is 106 Å². The molecular weight excluding hydrogens is 408 g/mol. The molecule has 2 aromatic carbocycles. The number of aromatic hydroxyl groups is 1. The fraction of sp³-hybridized carbons (Fsp3) is 0.167. The maximum absolute atomic E-state index is 13.1. The third-order valence-electron chi connectivity index (χ3n) is 4.93. The Balaban J connectivity index is 1.65. The summed E-state index contributed by atoms with van der Waals surface area (Å²) in [5, 5.41) is 17.2. The third-order valence-corrected chi connectivity index (χ3v) is 4.93. The van der Waals surface area contributed by atoms with Crippen LogP contribution in [0.2, 0.25) is 0 Å². The molecule has 162 valence electrons. The lowest BCUT2D eigenvalue weighted by Crippen LogP contribution is -2.43. The zero-order chi connectivity index (χ0) is 22.5. The normalized spacial score (nSPS) is 11.8. The molecule has 0 aliphatic heterocycles. The number of carbonyl (C=O) groups excluding carboxylic acids is 2. The van der Waals surface area contributed by atoms with Crippen LogP contribution in [0.1, 0.15) is 22.8 Å². The van der Waals surface area contributed by atoms with E-state index in [-0.39, 0.29) is 30.1 Å². The first kappa shape index (κ1) is 21.0. The minimum atomic E-state index is -0.884. The molecule has 0 fully saturated rings. The zero-order valence-electron chi connectivity index (χ0n) is 17.4. The number of fused-ring (bicyclic) bond motifs is 1. The lowest BCUT2D eigenvalue weighted by Gasteiger charge is -2.17. The van der Waals surface area contributed by atoms with E-state index < -0.39 is 17.9 Å². The van der Waals surface area contributed by atoms with Gasteiger partial charge in [0.1, 0.15) is 11.6 Å². The highest BCUT2D eigenvalue weighted by Gasteiger charge is 2.25. The molecule has 8 nitrogen and oxygen atoms in total. The number of esters is 1. The Hall–Kier alpha value is -4.20. The van der Waals surface area contributed by atoms with Gasteiger partial charge >= 0.3 is 5.97 Å². The maximum Gasteiger partial charge on any atom is 0.328 e. The molecule has 2 N–H and O–H groups in total. The summed E-state index contributed by atoms with van der Waals surface area (Å²) in [5.74, 6) is -1.22. The Bertz CT molecular complexity index is 1240. The predicted octanol–water partition coefficient (Wildman–Crippen LogP) is 3.01. The Labute approximate surface area is 184 Å². The van der Waals surface area contributed by atoms with Gasteiger partial charge in [-0.05, 0) is 12.5 Å². The average molecular weight is 430 g/mol. The molecule has 0 radical (unpaired) electrons. The van der Waals surface area contributed by atoms with Gasteiger partial charge in [-0.25, -0.2) is 9.78 Å². The van der Waals surface area contributed by atoms with Crippen LogP contribution < -0.4 is 5.32 Å². The van der Waals surface area contributed by atoms with Crippen LogP contribution in [0.25, 0.3) is 16.9 Å². The van der Waals surface area contributed by atoms with Crippen LogP contribution in [0.15, 0.2) is 72.9 Å². The van der Waals surface area contributed by atoms with Gasteiger partial charge in [0.05, 0.1) is 18.5 Å². The van der Waals surface area contributed by atoms with E-state index in [0.717, 1.165) is 11.1 Å². The molecule has 1 atom stereocenters. The van der Waals surface area contributed by atoms with Crippen molar-refractivity contribution in [3.05, 3.63) is 84.1 Å². The highest BCUT2D eigenvalue weighted by atomic mass is 16.5. The Kier molecular flexibility index (Phi) is 6.12. The lowest BCUT2D eigenvalue weighted by atomic mass is 10.1. The first-order valence-electron chi connectivity index (χ1n) is 10.2. The number of rotatable bonds is 7. The highest BCUT2D eigenvalue weighted by Crippen LogP contribution is 2.24. The van der Waals surface area contributed by atoms with Crippen molar-refractivity contribution in [2.45, 2.75) is 19.4 Å². The Morgan fingerprint density at radius 3 is 2.47 bits per heavy atom. The van der Waals surface area contributed by atoms with Crippen LogP contribution in [0, 0.1) is 0 Å². The van der Waals surface area contributed by atoms with Crippen LogP contribution in [-0.4, -0.2) is 44.2 Å². The fourth-order valence-electron chi connectivity index (χ4n) is 3.39. The van der Waals surface area contributed by atoms with Gasteiger partial charge in [-0.15, -0.1) is 0 Å². The Morgan fingerprint density at radius 1 is 1.09 bits per heavy atom. The summed E-state index contributed by atoms with van der Waals surface area (Å²) in [6.45, 7) is 1.91. The Morgan fingerprint density at radius 2 is 1.78 bits per heavy atom. The summed E-state index contributed by atoms with van der Waals surface area (Å²) >= 11 is 0. The van der Waals surface area contributed by atoms with Crippen molar-refractivity contribution in [1.82, 2.24) is 19.9 Å². The molecule has 4 rings (SSSR count). The van der Waals surface area contributed by atoms with E-state index in [1.807, 2.05) is 60.7 Å². The van der Waals surface area contributed by atoms with Crippen LogP contribution >= 0.6 is 0 Å². The molecule has 8 heteroatoms. The minimum absolute atomic E-state index is 0.139. The lowest BCUT2D eigenvalue weighted by molar-refractivity contribution is -0.145. The van der Waals surface area contributed by atoms with Crippen molar-refractivity contribution >= 4 is 17.5 Å². The van der Waals surface area contributed by atoms with Crippen molar-refractivity contribution in [3.8, 4) is 17.1 Å². The molecule has 0 saturated heterocycles. The summed E-state index contributed by atoms with van der Waals surface area (Å²) in [7, 11) is 0. The van der Waals surface area contributed by atoms with Gasteiger partial charge in [-0.1, -0.05) is 60.7 Å². The second-order valence-electron chi connectivity index (χ2n) is 7.13. The van der Waals surface area contributed by atoms with E-state index in [1.54, 1.807) is 6.92 Å². The summed E-state index contributed by atoms with van der Waals surface area (Å²) in [5.41, 5.74) is 2.49. The second kappa shape index (κ2) is 9.30. The number of amides is 1. The SMILES string of the molecule is CCOC(=O)[C@H](Cc1ccccc1)NC(=O)c1cnn2c(O)cc(-c3ccccc3)nc12. The van der Waals surface area contributed by atoms with Crippen molar-refractivity contribution < 1.29 is 19.4 Å². The number of nitrogens with one attached hydrogen (secondary N) is 1. The van der Waals surface area contributed by atoms with Crippen molar-refractivity contribution in [3.63, 3.8) is 0 Å². The number of ether oxygens (including phenoxy) is 1. The first-order valence-corrected chi connectivity index (χ1v) is 10.2. The monoisotopic (exact) mass is 430 g/mol. The molecule has 0 saturated carbocycles. The van der Waals surface area contributed by atoms with Crippen LogP contribution in [0.4, 0.5) is 0 Å². The van der Waals surface area contributed by atoms with Gasteiger partial charge in [-0.3, -0.25) is 4.79 Å². The number of hydrogen-bond donors (Lipinski definition) is 2. The number of carbonyl (C=O) groups is 2. The van der Waals surface area contributed by atoms with E-state index in [2.05, 4.69) is 15.4 Å². The molecule has 2 heterocycles. The summed E-state index contributed by atoms with van der Waals surface area (Å²) in [6.07, 6.45) is 1.59. The molecule has 2 aromatic heterocycles. The highest BCUT2D eigenvalue weighted by molar-refractivity contribution is 6.01. The summed E-state index contributed by atoms with van der Waals surface area (Å²) < 4.78 is 6.33. The van der Waals surface area contributed by atoms with Gasteiger partial charge in [0, 0.05) is 18.1 Å². The number of aromatic nitrogens is 3. The van der Waals surface area contributed by atoms with E-state index in [1.165, 1.54) is 16.8 Å². The average Bonchev–Trinajstić information content (AvgIpc) is 3.25. The minimum Gasteiger partial charge on any atom is -0.493 e. The smallest absolute Gasteiger partial charge is 0.328 e. The van der Waals surface area contributed by atoms with E-state index in [0.29, 0.717) is 5.69 Å². The number of nitrogens with zero attached hydrogens (tertiary/aromatic N) is 3. The van der Waals surface area contributed by atoms with E-state index >= 15 is 0 Å². The molecule has 32 heavy (non-hydrogen) atoms. The zero-order valence-corrected chi connectivity index (χ0v) is 17.4. The van der Waals surface area contributed by atoms with Crippen molar-refractivity contribution in [1.29, 1.82) is 0 Å². The van der Waals surface area contributed by atoms with E-state index in [9.17, 15) is 14.7 Å². The molecule has 0 unspecified atom stereocenters. The quantitative estimate of drug-likeness (QED) is 0.437. The van der Waals surface area contributed by atoms with Crippen LogP contribution in [0.3, 0.4) is 0 Å². The van der Waals surface area contributed by atoms with Crippen LogP contribution in [0.5, 0.6) is 5.88 Å². The van der Waals surface area contributed by atoms with Crippen molar-refractivity contribution in [2.75, 3.05) is 6.61 Å². The molecule has 1 amide bonds. The summed E-state index contributed by atoms with van der Waals surface area (Å²) in [6, 6.07) is 19.2. The second-order valence-corrected chi connectivity index (χ2v) is 7.13. The molecule has 0 spiro atoms. The number of benzene rings is 2. The van der Waals surface area contributed by atoms with Gasteiger partial charge in [0.25, 0.3) is 5.91 Å². The third kappa shape index (κ3) is 4.44. The van der Waals surface area contributed by atoms with Gasteiger partial charge in [-0.2, -0.15) is 9.61 Å². The predicted molar refractivity (Wildman–Crippen MR) is 118 cm³/mol.